The molecule has 1 heterocycles. The molecule has 0 fully saturated rings. The third-order valence-corrected chi connectivity index (χ3v) is 2.42. The maximum Gasteiger partial charge on any atom is 0.357 e. The van der Waals surface area contributed by atoms with E-state index < -0.39 is 5.97 Å². The number of esters is 1. The summed E-state index contributed by atoms with van der Waals surface area (Å²) in [6.45, 7) is 1.88. The zero-order valence-corrected chi connectivity index (χ0v) is 10.5. The predicted octanol–water partition coefficient (Wildman–Crippen LogP) is 2.80. The van der Waals surface area contributed by atoms with E-state index in [9.17, 15) is 4.79 Å². The Morgan fingerprint density at radius 1 is 1.28 bits per heavy atom. The van der Waals surface area contributed by atoms with Gasteiger partial charge in [0.1, 0.15) is 17.6 Å². The summed E-state index contributed by atoms with van der Waals surface area (Å²) in [6, 6.07) is 10.8. The van der Waals surface area contributed by atoms with Crippen LogP contribution >= 0.6 is 11.6 Å². The highest BCUT2D eigenvalue weighted by atomic mass is 35.5. The highest BCUT2D eigenvalue weighted by molar-refractivity contribution is 6.29. The third kappa shape index (κ3) is 3.28. The van der Waals surface area contributed by atoms with E-state index >= 15 is 0 Å². The first-order valence-corrected chi connectivity index (χ1v) is 5.75. The standard InChI is InChI=1S/C13H11ClN2O2/c1-9-15-11(7-12(14)16-9)13(17)18-8-10-5-3-2-4-6-10/h2-7H,8H2,1H3. The van der Waals surface area contributed by atoms with Crippen molar-refractivity contribution in [3.05, 3.63) is 58.6 Å². The Hall–Kier alpha value is -1.94. The molecular formula is C13H11ClN2O2. The molecule has 1 aromatic carbocycles. The summed E-state index contributed by atoms with van der Waals surface area (Å²) >= 11 is 5.75. The molecule has 2 aromatic rings. The van der Waals surface area contributed by atoms with Gasteiger partial charge >= 0.3 is 5.97 Å². The van der Waals surface area contributed by atoms with Crippen molar-refractivity contribution in [2.45, 2.75) is 13.5 Å². The minimum atomic E-state index is -0.508. The van der Waals surface area contributed by atoms with Crippen molar-refractivity contribution in [1.29, 1.82) is 0 Å². The lowest BCUT2D eigenvalue weighted by Gasteiger charge is -2.05. The molecule has 4 nitrogen and oxygen atoms in total. The van der Waals surface area contributed by atoms with Crippen LogP contribution in [0.1, 0.15) is 21.9 Å². The van der Waals surface area contributed by atoms with Crippen LogP contribution in [-0.2, 0) is 11.3 Å². The number of carbonyl (C=O) groups excluding carboxylic acids is 1. The summed E-state index contributed by atoms with van der Waals surface area (Å²) in [5, 5.41) is 0.231. The van der Waals surface area contributed by atoms with E-state index in [1.807, 2.05) is 30.3 Å². The van der Waals surface area contributed by atoms with E-state index in [4.69, 9.17) is 16.3 Å². The van der Waals surface area contributed by atoms with E-state index in [1.165, 1.54) is 6.07 Å². The van der Waals surface area contributed by atoms with Crippen LogP contribution in [0.4, 0.5) is 0 Å². The maximum atomic E-state index is 11.8. The van der Waals surface area contributed by atoms with E-state index in [1.54, 1.807) is 6.92 Å². The largest absolute Gasteiger partial charge is 0.456 e. The number of aryl methyl sites for hydroxylation is 1. The normalized spacial score (nSPS) is 10.1. The molecule has 0 aliphatic heterocycles. The number of ether oxygens (including phenoxy) is 1. The molecule has 0 N–H and O–H groups in total. The fraction of sp³-hybridized carbons (Fsp3) is 0.154. The fourth-order valence-corrected chi connectivity index (χ4v) is 1.66. The Kier molecular flexibility index (Phi) is 3.89. The lowest BCUT2D eigenvalue weighted by Crippen LogP contribution is -2.09. The molecule has 0 saturated carbocycles. The number of halogens is 1. The Bertz CT molecular complexity index is 538. The van der Waals surface area contributed by atoms with E-state index in [2.05, 4.69) is 9.97 Å². The van der Waals surface area contributed by atoms with Gasteiger partial charge < -0.3 is 4.74 Å². The minimum absolute atomic E-state index is 0.170. The van der Waals surface area contributed by atoms with Crippen LogP contribution in [0.2, 0.25) is 5.15 Å². The Morgan fingerprint density at radius 2 is 2.00 bits per heavy atom. The van der Waals surface area contributed by atoms with Crippen LogP contribution in [0.15, 0.2) is 36.4 Å². The molecule has 18 heavy (non-hydrogen) atoms. The first-order valence-electron chi connectivity index (χ1n) is 5.37. The minimum Gasteiger partial charge on any atom is -0.456 e. The van der Waals surface area contributed by atoms with Gasteiger partial charge in [-0.05, 0) is 12.5 Å². The molecule has 0 bridgehead atoms. The highest BCUT2D eigenvalue weighted by Crippen LogP contribution is 2.09. The first-order chi connectivity index (χ1) is 8.65. The van der Waals surface area contributed by atoms with Gasteiger partial charge in [0.2, 0.25) is 0 Å². The van der Waals surface area contributed by atoms with Gasteiger partial charge in [0.15, 0.2) is 5.69 Å². The van der Waals surface area contributed by atoms with Crippen LogP contribution < -0.4 is 0 Å². The number of hydrogen-bond donors (Lipinski definition) is 0. The van der Waals surface area contributed by atoms with Crippen molar-refractivity contribution < 1.29 is 9.53 Å². The lowest BCUT2D eigenvalue weighted by atomic mass is 10.2. The first kappa shape index (κ1) is 12.5. The second kappa shape index (κ2) is 5.60. The third-order valence-electron chi connectivity index (χ3n) is 2.23. The van der Waals surface area contributed by atoms with Crippen molar-refractivity contribution in [3.63, 3.8) is 0 Å². The average Bonchev–Trinajstić information content (AvgIpc) is 2.36. The fourth-order valence-electron chi connectivity index (χ4n) is 1.43. The number of hydrogen-bond acceptors (Lipinski definition) is 4. The predicted molar refractivity (Wildman–Crippen MR) is 67.3 cm³/mol. The van der Waals surface area contributed by atoms with E-state index in [-0.39, 0.29) is 17.5 Å². The van der Waals surface area contributed by atoms with Crippen molar-refractivity contribution in [2.24, 2.45) is 0 Å². The van der Waals surface area contributed by atoms with Crippen LogP contribution in [-0.4, -0.2) is 15.9 Å². The van der Waals surface area contributed by atoms with Crippen LogP contribution in [0.3, 0.4) is 0 Å². The van der Waals surface area contributed by atoms with Gasteiger partial charge in [-0.2, -0.15) is 0 Å². The van der Waals surface area contributed by atoms with Gasteiger partial charge in [-0.1, -0.05) is 41.9 Å². The summed E-state index contributed by atoms with van der Waals surface area (Å²) in [6.07, 6.45) is 0. The Morgan fingerprint density at radius 3 is 2.67 bits per heavy atom. The number of benzene rings is 1. The van der Waals surface area contributed by atoms with Gasteiger partial charge in [0.05, 0.1) is 0 Å². The second-order valence-corrected chi connectivity index (χ2v) is 4.07. The SMILES string of the molecule is Cc1nc(Cl)cc(C(=O)OCc2ccccc2)n1. The molecule has 0 unspecified atom stereocenters. The van der Waals surface area contributed by atoms with Gasteiger partial charge in [0, 0.05) is 6.07 Å². The van der Waals surface area contributed by atoms with Gasteiger partial charge in [0.25, 0.3) is 0 Å². The molecular weight excluding hydrogens is 252 g/mol. The Labute approximate surface area is 110 Å². The topological polar surface area (TPSA) is 52.1 Å². The number of rotatable bonds is 3. The summed E-state index contributed by atoms with van der Waals surface area (Å²) in [5.74, 6) is -0.0691. The molecule has 0 aliphatic rings. The van der Waals surface area contributed by atoms with E-state index in [0.717, 1.165) is 5.56 Å². The van der Waals surface area contributed by atoms with Crippen LogP contribution in [0.5, 0.6) is 0 Å². The average molecular weight is 263 g/mol. The van der Waals surface area contributed by atoms with Gasteiger partial charge in [-0.15, -0.1) is 0 Å². The Balaban J connectivity index is 2.04. The van der Waals surface area contributed by atoms with Crippen molar-refractivity contribution in [1.82, 2.24) is 9.97 Å². The molecule has 0 amide bonds. The molecule has 5 heteroatoms. The zero-order valence-electron chi connectivity index (χ0n) is 9.76. The quantitative estimate of drug-likeness (QED) is 0.630. The summed E-state index contributed by atoms with van der Waals surface area (Å²) in [5.41, 5.74) is 1.09. The van der Waals surface area contributed by atoms with Crippen molar-refractivity contribution in [3.8, 4) is 0 Å². The lowest BCUT2D eigenvalue weighted by molar-refractivity contribution is 0.0465. The smallest absolute Gasteiger partial charge is 0.357 e. The molecule has 2 rings (SSSR count). The van der Waals surface area contributed by atoms with Gasteiger partial charge in [-0.3, -0.25) is 0 Å². The maximum absolute atomic E-state index is 11.8. The number of nitrogens with zero attached hydrogens (tertiary/aromatic N) is 2. The molecule has 0 spiro atoms. The van der Waals surface area contributed by atoms with Crippen LogP contribution in [0, 0.1) is 6.92 Å². The monoisotopic (exact) mass is 262 g/mol. The van der Waals surface area contributed by atoms with Crippen molar-refractivity contribution >= 4 is 17.6 Å². The molecule has 92 valence electrons. The zero-order chi connectivity index (χ0) is 13.0. The molecule has 0 atom stereocenters. The number of carbonyl (C=O) groups is 1. The molecule has 0 aliphatic carbocycles. The van der Waals surface area contributed by atoms with Crippen molar-refractivity contribution in [2.75, 3.05) is 0 Å². The summed E-state index contributed by atoms with van der Waals surface area (Å²) < 4.78 is 5.14. The molecule has 0 radical (unpaired) electrons. The second-order valence-electron chi connectivity index (χ2n) is 3.68. The number of aromatic nitrogens is 2. The highest BCUT2D eigenvalue weighted by Gasteiger charge is 2.11. The molecule has 0 saturated heterocycles. The summed E-state index contributed by atoms with van der Waals surface area (Å²) in [7, 11) is 0. The molecule has 1 aromatic heterocycles. The summed E-state index contributed by atoms with van der Waals surface area (Å²) in [4.78, 5) is 19.6. The van der Waals surface area contributed by atoms with Crippen LogP contribution in [0.25, 0.3) is 0 Å². The van der Waals surface area contributed by atoms with Gasteiger partial charge in [-0.25, -0.2) is 14.8 Å². The van der Waals surface area contributed by atoms with E-state index in [0.29, 0.717) is 5.82 Å².